The summed E-state index contributed by atoms with van der Waals surface area (Å²) in [6.45, 7) is 0.434. The molecule has 1 amide bonds. The Kier molecular flexibility index (Phi) is 4.76. The SMILES string of the molecule is O=C(O)c1ccccc1C(=O)NCCc1ccc(Cl)s1. The highest BCUT2D eigenvalue weighted by Gasteiger charge is 2.15. The molecule has 20 heavy (non-hydrogen) atoms. The van der Waals surface area contributed by atoms with Crippen molar-refractivity contribution in [2.24, 2.45) is 0 Å². The van der Waals surface area contributed by atoms with Gasteiger partial charge in [0.05, 0.1) is 15.5 Å². The number of aromatic carboxylic acids is 1. The molecule has 104 valence electrons. The summed E-state index contributed by atoms with van der Waals surface area (Å²) in [4.78, 5) is 24.1. The summed E-state index contributed by atoms with van der Waals surface area (Å²) in [5.74, 6) is -1.49. The first-order valence-electron chi connectivity index (χ1n) is 5.92. The summed E-state index contributed by atoms with van der Waals surface area (Å²) in [5.41, 5.74) is 0.174. The standard InChI is InChI=1S/C14H12ClNO3S/c15-12-6-5-9(20-12)7-8-16-13(17)10-3-1-2-4-11(10)14(18)19/h1-6H,7-8H2,(H,16,17)(H,18,19). The van der Waals surface area contributed by atoms with Crippen LogP contribution >= 0.6 is 22.9 Å². The van der Waals surface area contributed by atoms with Gasteiger partial charge in [-0.05, 0) is 30.7 Å². The maximum atomic E-state index is 12.0. The molecular weight excluding hydrogens is 298 g/mol. The Morgan fingerprint density at radius 2 is 1.85 bits per heavy atom. The van der Waals surface area contributed by atoms with E-state index in [4.69, 9.17) is 16.7 Å². The summed E-state index contributed by atoms with van der Waals surface area (Å²) in [5, 5.41) is 11.7. The molecule has 0 radical (unpaired) electrons. The number of carboxylic acids is 1. The van der Waals surface area contributed by atoms with Crippen LogP contribution in [0.4, 0.5) is 0 Å². The Balaban J connectivity index is 1.97. The molecule has 0 aliphatic carbocycles. The lowest BCUT2D eigenvalue weighted by molar-refractivity contribution is 0.0691. The lowest BCUT2D eigenvalue weighted by Gasteiger charge is -2.07. The Hall–Kier alpha value is -1.85. The predicted molar refractivity (Wildman–Crippen MR) is 78.8 cm³/mol. The number of thiophene rings is 1. The predicted octanol–water partition coefficient (Wildman–Crippen LogP) is 3.07. The zero-order valence-corrected chi connectivity index (χ0v) is 12.0. The first-order valence-corrected chi connectivity index (χ1v) is 7.12. The molecule has 0 saturated carbocycles. The molecule has 0 unspecified atom stereocenters. The van der Waals surface area contributed by atoms with Crippen molar-refractivity contribution in [3.05, 3.63) is 56.7 Å². The van der Waals surface area contributed by atoms with Gasteiger partial charge in [-0.15, -0.1) is 11.3 Å². The topological polar surface area (TPSA) is 66.4 Å². The molecule has 0 atom stereocenters. The molecular formula is C14H12ClNO3S. The van der Waals surface area contributed by atoms with Crippen molar-refractivity contribution in [1.29, 1.82) is 0 Å². The molecule has 1 aromatic carbocycles. The molecule has 1 aromatic heterocycles. The van der Waals surface area contributed by atoms with Crippen molar-refractivity contribution >= 4 is 34.8 Å². The third kappa shape index (κ3) is 3.59. The number of carbonyl (C=O) groups excluding carboxylic acids is 1. The number of carbonyl (C=O) groups is 2. The van der Waals surface area contributed by atoms with Crippen LogP contribution < -0.4 is 5.32 Å². The van der Waals surface area contributed by atoms with Gasteiger partial charge in [0.25, 0.3) is 5.91 Å². The Bertz CT molecular complexity index is 639. The average molecular weight is 310 g/mol. The number of nitrogens with one attached hydrogen (secondary N) is 1. The monoisotopic (exact) mass is 309 g/mol. The number of hydrogen-bond donors (Lipinski definition) is 2. The van der Waals surface area contributed by atoms with E-state index in [1.165, 1.54) is 23.5 Å². The van der Waals surface area contributed by atoms with Gasteiger partial charge in [-0.3, -0.25) is 4.79 Å². The molecule has 4 nitrogen and oxygen atoms in total. The van der Waals surface area contributed by atoms with Gasteiger partial charge in [0.1, 0.15) is 0 Å². The number of amides is 1. The minimum Gasteiger partial charge on any atom is -0.478 e. The van der Waals surface area contributed by atoms with Crippen LogP contribution in [0.5, 0.6) is 0 Å². The molecule has 2 N–H and O–H groups in total. The van der Waals surface area contributed by atoms with E-state index in [1.54, 1.807) is 12.1 Å². The second kappa shape index (κ2) is 6.54. The number of carboxylic acid groups (broad SMARTS) is 1. The molecule has 0 aliphatic heterocycles. The van der Waals surface area contributed by atoms with Gasteiger partial charge in [-0.1, -0.05) is 23.7 Å². The number of benzene rings is 1. The molecule has 2 aromatic rings. The van der Waals surface area contributed by atoms with Crippen LogP contribution in [0.15, 0.2) is 36.4 Å². The summed E-state index contributed by atoms with van der Waals surface area (Å²) >= 11 is 7.28. The van der Waals surface area contributed by atoms with E-state index in [0.29, 0.717) is 17.3 Å². The van der Waals surface area contributed by atoms with Gasteiger partial charge >= 0.3 is 5.97 Å². The lowest BCUT2D eigenvalue weighted by atomic mass is 10.1. The third-order valence-corrected chi connectivity index (χ3v) is 3.98. The quantitative estimate of drug-likeness (QED) is 0.892. The summed E-state index contributed by atoms with van der Waals surface area (Å²) < 4.78 is 0.711. The maximum Gasteiger partial charge on any atom is 0.336 e. The highest BCUT2D eigenvalue weighted by Crippen LogP contribution is 2.21. The summed E-state index contributed by atoms with van der Waals surface area (Å²) in [6.07, 6.45) is 0.665. The van der Waals surface area contributed by atoms with E-state index >= 15 is 0 Å². The molecule has 1 heterocycles. The third-order valence-electron chi connectivity index (χ3n) is 2.69. The fourth-order valence-corrected chi connectivity index (χ4v) is 2.84. The minimum atomic E-state index is -1.11. The summed E-state index contributed by atoms with van der Waals surface area (Å²) in [7, 11) is 0. The van der Waals surface area contributed by atoms with Crippen LogP contribution in [0, 0.1) is 0 Å². The van der Waals surface area contributed by atoms with Crippen LogP contribution in [-0.4, -0.2) is 23.5 Å². The number of halogens is 1. The number of hydrogen-bond acceptors (Lipinski definition) is 3. The molecule has 0 spiro atoms. The van der Waals surface area contributed by atoms with Gasteiger partial charge in [-0.25, -0.2) is 4.79 Å². The van der Waals surface area contributed by atoms with Gasteiger partial charge in [0.15, 0.2) is 0 Å². The fraction of sp³-hybridized carbons (Fsp3) is 0.143. The van der Waals surface area contributed by atoms with Crippen molar-refractivity contribution in [3.8, 4) is 0 Å². The molecule has 0 aliphatic rings. The van der Waals surface area contributed by atoms with E-state index in [2.05, 4.69) is 5.32 Å². The van der Waals surface area contributed by atoms with Crippen molar-refractivity contribution in [2.75, 3.05) is 6.54 Å². The van der Waals surface area contributed by atoms with Gasteiger partial charge in [-0.2, -0.15) is 0 Å². The molecule has 2 rings (SSSR count). The van der Waals surface area contributed by atoms with Gasteiger partial charge in [0.2, 0.25) is 0 Å². The largest absolute Gasteiger partial charge is 0.478 e. The van der Waals surface area contributed by atoms with Crippen molar-refractivity contribution in [1.82, 2.24) is 5.32 Å². The second-order valence-electron chi connectivity index (χ2n) is 4.06. The minimum absolute atomic E-state index is 0.00386. The fourth-order valence-electron chi connectivity index (χ4n) is 1.75. The zero-order chi connectivity index (χ0) is 14.5. The van der Waals surface area contributed by atoms with Crippen molar-refractivity contribution in [2.45, 2.75) is 6.42 Å². The normalized spacial score (nSPS) is 10.2. The Morgan fingerprint density at radius 3 is 2.45 bits per heavy atom. The highest BCUT2D eigenvalue weighted by molar-refractivity contribution is 7.16. The Morgan fingerprint density at radius 1 is 1.15 bits per heavy atom. The van der Waals surface area contributed by atoms with Gasteiger partial charge in [0, 0.05) is 11.4 Å². The van der Waals surface area contributed by atoms with Gasteiger partial charge < -0.3 is 10.4 Å². The smallest absolute Gasteiger partial charge is 0.336 e. The van der Waals surface area contributed by atoms with Crippen LogP contribution in [-0.2, 0) is 6.42 Å². The molecule has 0 saturated heterocycles. The lowest BCUT2D eigenvalue weighted by Crippen LogP contribution is -2.27. The van der Waals surface area contributed by atoms with Crippen LogP contribution in [0.1, 0.15) is 25.6 Å². The second-order valence-corrected chi connectivity index (χ2v) is 5.86. The molecule has 0 bridgehead atoms. The first-order chi connectivity index (χ1) is 9.58. The highest BCUT2D eigenvalue weighted by atomic mass is 35.5. The summed E-state index contributed by atoms with van der Waals surface area (Å²) in [6, 6.07) is 9.86. The zero-order valence-electron chi connectivity index (χ0n) is 10.4. The number of rotatable bonds is 5. The van der Waals surface area contributed by atoms with E-state index in [9.17, 15) is 9.59 Å². The van der Waals surface area contributed by atoms with E-state index in [-0.39, 0.29) is 17.0 Å². The molecule has 6 heteroatoms. The van der Waals surface area contributed by atoms with E-state index in [0.717, 1.165) is 4.88 Å². The van der Waals surface area contributed by atoms with Crippen molar-refractivity contribution in [3.63, 3.8) is 0 Å². The van der Waals surface area contributed by atoms with Crippen LogP contribution in [0.2, 0.25) is 4.34 Å². The van der Waals surface area contributed by atoms with Crippen LogP contribution in [0.25, 0.3) is 0 Å². The average Bonchev–Trinajstić information content (AvgIpc) is 2.84. The first kappa shape index (κ1) is 14.6. The molecule has 0 fully saturated rings. The van der Waals surface area contributed by atoms with Crippen molar-refractivity contribution < 1.29 is 14.7 Å². The maximum absolute atomic E-state index is 12.0. The van der Waals surface area contributed by atoms with E-state index < -0.39 is 5.97 Å². The van der Waals surface area contributed by atoms with E-state index in [1.807, 2.05) is 12.1 Å². The van der Waals surface area contributed by atoms with Crippen LogP contribution in [0.3, 0.4) is 0 Å². The Labute approximate surface area is 125 Å².